The summed E-state index contributed by atoms with van der Waals surface area (Å²) in [5, 5.41) is 8.93. The molecule has 1 aliphatic heterocycles. The number of aryl methyl sites for hydroxylation is 1. The molecule has 1 saturated heterocycles. The third kappa shape index (κ3) is 3.57. The Balaban J connectivity index is 2.05. The van der Waals surface area contributed by atoms with Crippen LogP contribution in [-0.2, 0) is 4.79 Å². The minimum Gasteiger partial charge on any atom is -0.481 e. The van der Waals surface area contributed by atoms with Crippen molar-refractivity contribution in [1.29, 1.82) is 0 Å². The first-order valence-electron chi connectivity index (χ1n) is 7.09. The molecule has 0 saturated carbocycles. The topological polar surface area (TPSA) is 40.5 Å². The van der Waals surface area contributed by atoms with Gasteiger partial charge in [-0.3, -0.25) is 9.69 Å². The summed E-state index contributed by atoms with van der Waals surface area (Å²) in [5.74, 6) is -0.367. The summed E-state index contributed by atoms with van der Waals surface area (Å²) in [4.78, 5) is 13.3. The van der Waals surface area contributed by atoms with Gasteiger partial charge in [0.25, 0.3) is 0 Å². The van der Waals surface area contributed by atoms with Crippen molar-refractivity contribution in [1.82, 2.24) is 4.90 Å². The van der Waals surface area contributed by atoms with Gasteiger partial charge in [-0.2, -0.15) is 0 Å². The second-order valence-electron chi connectivity index (χ2n) is 5.63. The Labute approximate surface area is 115 Å². The van der Waals surface area contributed by atoms with E-state index in [2.05, 4.69) is 43.0 Å². The molecule has 0 radical (unpaired) electrons. The van der Waals surface area contributed by atoms with Crippen molar-refractivity contribution in [3.8, 4) is 0 Å². The van der Waals surface area contributed by atoms with Gasteiger partial charge in [-0.15, -0.1) is 0 Å². The van der Waals surface area contributed by atoms with Crippen molar-refractivity contribution in [2.45, 2.75) is 39.2 Å². The van der Waals surface area contributed by atoms with Gasteiger partial charge in [-0.05, 0) is 50.3 Å². The molecule has 2 unspecified atom stereocenters. The maximum Gasteiger partial charge on any atom is 0.303 e. The minimum atomic E-state index is -0.671. The maximum atomic E-state index is 10.8. The highest BCUT2D eigenvalue weighted by molar-refractivity contribution is 5.67. The molecule has 0 bridgehead atoms. The molecule has 1 fully saturated rings. The highest BCUT2D eigenvalue weighted by Gasteiger charge is 2.26. The summed E-state index contributed by atoms with van der Waals surface area (Å²) < 4.78 is 0. The second kappa shape index (κ2) is 6.20. The predicted octanol–water partition coefficient (Wildman–Crippen LogP) is 3.24. The minimum absolute atomic E-state index is 0.303. The van der Waals surface area contributed by atoms with Crippen LogP contribution < -0.4 is 0 Å². The van der Waals surface area contributed by atoms with Crippen molar-refractivity contribution >= 4 is 5.97 Å². The molecular weight excluding hydrogens is 238 g/mol. The van der Waals surface area contributed by atoms with E-state index in [4.69, 9.17) is 5.11 Å². The van der Waals surface area contributed by atoms with E-state index < -0.39 is 5.97 Å². The van der Waals surface area contributed by atoms with Crippen LogP contribution in [0.3, 0.4) is 0 Å². The Morgan fingerprint density at radius 1 is 1.47 bits per heavy atom. The molecule has 2 atom stereocenters. The number of hydrogen-bond donors (Lipinski definition) is 1. The zero-order chi connectivity index (χ0) is 13.8. The van der Waals surface area contributed by atoms with Gasteiger partial charge in [0.2, 0.25) is 0 Å². The van der Waals surface area contributed by atoms with Crippen LogP contribution in [0.15, 0.2) is 24.3 Å². The van der Waals surface area contributed by atoms with Crippen LogP contribution >= 0.6 is 0 Å². The quantitative estimate of drug-likeness (QED) is 0.904. The molecule has 19 heavy (non-hydrogen) atoms. The molecule has 1 aromatic carbocycles. The van der Waals surface area contributed by atoms with Crippen LogP contribution in [0.5, 0.6) is 0 Å². The second-order valence-corrected chi connectivity index (χ2v) is 5.63. The van der Waals surface area contributed by atoms with Crippen LogP contribution in [0.2, 0.25) is 0 Å². The lowest BCUT2D eigenvalue weighted by Crippen LogP contribution is -2.38. The van der Waals surface area contributed by atoms with Gasteiger partial charge in [0.1, 0.15) is 0 Å². The number of carboxylic acids is 1. The lowest BCUT2D eigenvalue weighted by atomic mass is 9.92. The van der Waals surface area contributed by atoms with Crippen molar-refractivity contribution in [3.63, 3.8) is 0 Å². The number of aliphatic carboxylic acids is 1. The zero-order valence-electron chi connectivity index (χ0n) is 11.8. The van der Waals surface area contributed by atoms with E-state index in [1.807, 2.05) is 0 Å². The number of benzene rings is 1. The van der Waals surface area contributed by atoms with Gasteiger partial charge >= 0.3 is 5.97 Å². The largest absolute Gasteiger partial charge is 0.481 e. The number of rotatable bonds is 4. The Bertz CT molecular complexity index is 444. The smallest absolute Gasteiger partial charge is 0.303 e. The molecule has 0 spiro atoms. The fourth-order valence-electron chi connectivity index (χ4n) is 3.11. The van der Waals surface area contributed by atoms with Gasteiger partial charge in [0, 0.05) is 19.0 Å². The van der Waals surface area contributed by atoms with Gasteiger partial charge in [0.15, 0.2) is 0 Å². The predicted molar refractivity (Wildman–Crippen MR) is 76.1 cm³/mol. The molecule has 2 rings (SSSR count). The summed E-state index contributed by atoms with van der Waals surface area (Å²) in [6, 6.07) is 8.84. The monoisotopic (exact) mass is 261 g/mol. The first-order valence-corrected chi connectivity index (χ1v) is 7.09. The third-order valence-electron chi connectivity index (χ3n) is 4.20. The molecule has 3 heteroatoms. The third-order valence-corrected chi connectivity index (χ3v) is 4.20. The molecule has 1 N–H and O–H groups in total. The maximum absolute atomic E-state index is 10.8. The van der Waals surface area contributed by atoms with Crippen LogP contribution in [0, 0.1) is 12.8 Å². The molecule has 104 valence electrons. The molecule has 0 amide bonds. The normalized spacial score (nSPS) is 22.1. The Hall–Kier alpha value is -1.35. The van der Waals surface area contributed by atoms with Crippen LogP contribution in [-0.4, -0.2) is 29.1 Å². The highest BCUT2D eigenvalue weighted by atomic mass is 16.4. The van der Waals surface area contributed by atoms with Gasteiger partial charge in [-0.1, -0.05) is 24.3 Å². The molecular formula is C16H23NO2. The van der Waals surface area contributed by atoms with Gasteiger partial charge < -0.3 is 5.11 Å². The summed E-state index contributed by atoms with van der Waals surface area (Å²) in [6.45, 7) is 6.35. The highest BCUT2D eigenvalue weighted by Crippen LogP contribution is 2.29. The van der Waals surface area contributed by atoms with E-state index in [9.17, 15) is 4.79 Å². The number of nitrogens with zero attached hydrogens (tertiary/aromatic N) is 1. The molecule has 3 nitrogen and oxygen atoms in total. The Kier molecular flexibility index (Phi) is 4.59. The lowest BCUT2D eigenvalue weighted by molar-refractivity contribution is -0.138. The van der Waals surface area contributed by atoms with E-state index >= 15 is 0 Å². The van der Waals surface area contributed by atoms with E-state index in [0.717, 1.165) is 25.9 Å². The van der Waals surface area contributed by atoms with Crippen molar-refractivity contribution in [3.05, 3.63) is 35.4 Å². The van der Waals surface area contributed by atoms with Crippen molar-refractivity contribution in [2.75, 3.05) is 13.1 Å². The summed E-state index contributed by atoms with van der Waals surface area (Å²) in [5.41, 5.74) is 2.67. The SMILES string of the molecule is Cc1ccccc1C(C)N1CCCC(CC(=O)O)C1. The number of piperidine rings is 1. The molecule has 1 aromatic rings. The van der Waals surface area contributed by atoms with Crippen molar-refractivity contribution < 1.29 is 9.90 Å². The van der Waals surface area contributed by atoms with E-state index in [0.29, 0.717) is 18.4 Å². The van der Waals surface area contributed by atoms with Crippen LogP contribution in [0.1, 0.15) is 43.4 Å². The van der Waals surface area contributed by atoms with E-state index in [1.165, 1.54) is 11.1 Å². The summed E-state index contributed by atoms with van der Waals surface area (Å²) in [7, 11) is 0. The van der Waals surface area contributed by atoms with Gasteiger partial charge in [0.05, 0.1) is 0 Å². The summed E-state index contributed by atoms with van der Waals surface area (Å²) >= 11 is 0. The van der Waals surface area contributed by atoms with Crippen LogP contribution in [0.4, 0.5) is 0 Å². The standard InChI is InChI=1S/C16H23NO2/c1-12-6-3-4-8-15(12)13(2)17-9-5-7-14(11-17)10-16(18)19/h3-4,6,8,13-14H,5,7,9-11H2,1-2H3,(H,18,19). The number of carbonyl (C=O) groups is 1. The van der Waals surface area contributed by atoms with Gasteiger partial charge in [-0.25, -0.2) is 0 Å². The number of likely N-dealkylation sites (tertiary alicyclic amines) is 1. The average Bonchev–Trinajstić information content (AvgIpc) is 2.38. The number of hydrogen-bond acceptors (Lipinski definition) is 2. The Morgan fingerprint density at radius 2 is 2.21 bits per heavy atom. The first-order chi connectivity index (χ1) is 9.08. The zero-order valence-corrected chi connectivity index (χ0v) is 11.8. The molecule has 0 aliphatic carbocycles. The lowest BCUT2D eigenvalue weighted by Gasteiger charge is -2.37. The fraction of sp³-hybridized carbons (Fsp3) is 0.562. The first kappa shape index (κ1) is 14.1. The van der Waals surface area contributed by atoms with E-state index in [-0.39, 0.29) is 0 Å². The average molecular weight is 261 g/mol. The Morgan fingerprint density at radius 3 is 2.89 bits per heavy atom. The summed E-state index contributed by atoms with van der Waals surface area (Å²) in [6.07, 6.45) is 2.45. The van der Waals surface area contributed by atoms with Crippen molar-refractivity contribution in [2.24, 2.45) is 5.92 Å². The molecule has 1 aliphatic rings. The molecule has 1 heterocycles. The fourth-order valence-corrected chi connectivity index (χ4v) is 3.11. The molecule has 0 aromatic heterocycles. The van der Waals surface area contributed by atoms with E-state index in [1.54, 1.807) is 0 Å². The number of carboxylic acid groups (broad SMARTS) is 1. The van der Waals surface area contributed by atoms with Crippen LogP contribution in [0.25, 0.3) is 0 Å².